The van der Waals surface area contributed by atoms with Crippen LogP contribution in [0.15, 0.2) is 0 Å². The average Bonchev–Trinajstić information content (AvgIpc) is 2.52. The van der Waals surface area contributed by atoms with Gasteiger partial charge in [-0.05, 0) is 6.42 Å². The summed E-state index contributed by atoms with van der Waals surface area (Å²) in [6.45, 7) is -1.74. The highest BCUT2D eigenvalue weighted by atomic mass is 16.4. The third-order valence-corrected chi connectivity index (χ3v) is 4.32. The van der Waals surface area contributed by atoms with Crippen molar-refractivity contribution in [2.75, 3.05) is 0 Å². The lowest BCUT2D eigenvalue weighted by Crippen LogP contribution is -1.93. The van der Waals surface area contributed by atoms with Crippen LogP contribution in [0.1, 0.15) is 127 Å². The summed E-state index contributed by atoms with van der Waals surface area (Å²) in [5, 5.41) is 8.55. The lowest BCUT2D eigenvalue weighted by molar-refractivity contribution is -0.137. The molecule has 0 unspecified atom stereocenters. The fourth-order valence-electron chi connectivity index (χ4n) is 2.88. The second-order valence-corrected chi connectivity index (χ2v) is 6.55. The van der Waals surface area contributed by atoms with Gasteiger partial charge in [0.1, 0.15) is 0 Å². The van der Waals surface area contributed by atoms with E-state index in [0.29, 0.717) is 12.8 Å². The van der Waals surface area contributed by atoms with Crippen molar-refractivity contribution >= 4 is 5.97 Å². The molecule has 0 heterocycles. The predicted molar refractivity (Wildman–Crippen MR) is 96.4 cm³/mol. The van der Waals surface area contributed by atoms with Crippen LogP contribution in [0.25, 0.3) is 0 Å². The maximum Gasteiger partial charge on any atom is 0.303 e. The topological polar surface area (TPSA) is 37.3 Å². The van der Waals surface area contributed by atoms with E-state index in [4.69, 9.17) is 9.22 Å². The zero-order chi connectivity index (χ0) is 18.8. The van der Waals surface area contributed by atoms with Crippen molar-refractivity contribution in [3.63, 3.8) is 0 Å². The van der Waals surface area contributed by atoms with Gasteiger partial charge in [-0.25, -0.2) is 0 Å². The van der Waals surface area contributed by atoms with Crippen LogP contribution in [-0.2, 0) is 4.79 Å². The van der Waals surface area contributed by atoms with Gasteiger partial charge in [0.15, 0.2) is 0 Å². The standard InChI is InChI=1S/C20H40O2/c1-2-3-4-5-6-7-8-9-10-11-12-13-14-15-16-17-18-19-20(21)22/h2-19H2,1H3,(H,21,22)/i1D3. The van der Waals surface area contributed by atoms with Crippen LogP contribution in [-0.4, -0.2) is 11.1 Å². The molecule has 2 nitrogen and oxygen atoms in total. The Labute approximate surface area is 143 Å². The smallest absolute Gasteiger partial charge is 0.303 e. The first-order valence-electron chi connectivity index (χ1n) is 11.1. The summed E-state index contributed by atoms with van der Waals surface area (Å²) in [7, 11) is 0. The molecular weight excluding hydrogens is 272 g/mol. The van der Waals surface area contributed by atoms with Gasteiger partial charge >= 0.3 is 5.97 Å². The number of carboxylic acid groups (broad SMARTS) is 1. The third kappa shape index (κ3) is 19.5. The van der Waals surface area contributed by atoms with Crippen LogP contribution in [0.5, 0.6) is 0 Å². The molecule has 0 spiro atoms. The predicted octanol–water partition coefficient (Wildman–Crippen LogP) is 7.11. The van der Waals surface area contributed by atoms with E-state index in [1.54, 1.807) is 0 Å². The van der Waals surface area contributed by atoms with Gasteiger partial charge < -0.3 is 5.11 Å². The molecule has 0 fully saturated rings. The van der Waals surface area contributed by atoms with Crippen molar-refractivity contribution in [3.8, 4) is 0 Å². The number of aliphatic carboxylic acids is 1. The summed E-state index contributed by atoms with van der Waals surface area (Å²) in [6.07, 6.45) is 20.0. The molecule has 0 aromatic heterocycles. The molecule has 0 aliphatic rings. The SMILES string of the molecule is [2H]C([2H])([2H])CCCCCCCCCCCCCCCCCCC(=O)O. The molecule has 132 valence electrons. The van der Waals surface area contributed by atoms with Gasteiger partial charge in [-0.15, -0.1) is 0 Å². The summed E-state index contributed by atoms with van der Waals surface area (Å²) in [5.74, 6) is -0.673. The number of hydrogen-bond acceptors (Lipinski definition) is 1. The first-order chi connectivity index (χ1) is 11.9. The molecule has 0 rings (SSSR count). The molecule has 0 atom stereocenters. The van der Waals surface area contributed by atoms with E-state index >= 15 is 0 Å². The second kappa shape index (κ2) is 18.5. The molecule has 0 aliphatic heterocycles. The fourth-order valence-corrected chi connectivity index (χ4v) is 2.88. The van der Waals surface area contributed by atoms with Crippen LogP contribution < -0.4 is 0 Å². The highest BCUT2D eigenvalue weighted by Crippen LogP contribution is 2.14. The summed E-state index contributed by atoms with van der Waals surface area (Å²) in [4.78, 5) is 10.4. The van der Waals surface area contributed by atoms with E-state index in [2.05, 4.69) is 0 Å². The van der Waals surface area contributed by atoms with Crippen molar-refractivity contribution in [2.24, 2.45) is 0 Å². The largest absolute Gasteiger partial charge is 0.481 e. The van der Waals surface area contributed by atoms with Gasteiger partial charge in [0.2, 0.25) is 0 Å². The molecule has 0 saturated carbocycles. The Bertz CT molecular complexity index is 304. The van der Waals surface area contributed by atoms with Gasteiger partial charge in [0.05, 0.1) is 0 Å². The Morgan fingerprint density at radius 2 is 0.955 bits per heavy atom. The second-order valence-electron chi connectivity index (χ2n) is 6.55. The molecule has 2 heteroatoms. The molecule has 0 amide bonds. The fraction of sp³-hybridized carbons (Fsp3) is 0.950. The Kier molecular flexibility index (Phi) is 13.7. The minimum Gasteiger partial charge on any atom is -0.481 e. The highest BCUT2D eigenvalue weighted by molar-refractivity contribution is 5.66. The Balaban J connectivity index is 3.04. The number of rotatable bonds is 18. The maximum absolute atomic E-state index is 10.4. The van der Waals surface area contributed by atoms with Crippen LogP contribution >= 0.6 is 0 Å². The molecular formula is C20H40O2. The van der Waals surface area contributed by atoms with Gasteiger partial charge in [-0.3, -0.25) is 4.79 Å². The third-order valence-electron chi connectivity index (χ3n) is 4.32. The lowest BCUT2D eigenvalue weighted by Gasteiger charge is -2.03. The molecule has 22 heavy (non-hydrogen) atoms. The Hall–Kier alpha value is -0.530. The van der Waals surface area contributed by atoms with E-state index in [-0.39, 0.29) is 0 Å². The van der Waals surface area contributed by atoms with Crippen LogP contribution in [0.4, 0.5) is 0 Å². The Morgan fingerprint density at radius 1 is 0.636 bits per heavy atom. The van der Waals surface area contributed by atoms with Crippen LogP contribution in [0, 0.1) is 0 Å². The summed E-state index contributed by atoms with van der Waals surface area (Å²) >= 11 is 0. The first kappa shape index (κ1) is 16.3. The number of carboxylic acids is 1. The van der Waals surface area contributed by atoms with Gasteiger partial charge in [0.25, 0.3) is 0 Å². The van der Waals surface area contributed by atoms with Crippen LogP contribution in [0.2, 0.25) is 0 Å². The van der Waals surface area contributed by atoms with E-state index in [9.17, 15) is 4.79 Å². The van der Waals surface area contributed by atoms with Crippen molar-refractivity contribution in [3.05, 3.63) is 0 Å². The molecule has 0 bridgehead atoms. The molecule has 0 radical (unpaired) electrons. The van der Waals surface area contributed by atoms with Crippen molar-refractivity contribution in [2.45, 2.75) is 122 Å². The first-order valence-corrected chi connectivity index (χ1v) is 9.63. The van der Waals surface area contributed by atoms with Crippen LogP contribution in [0.3, 0.4) is 0 Å². The Morgan fingerprint density at radius 3 is 1.27 bits per heavy atom. The number of hydrogen-bond donors (Lipinski definition) is 1. The highest BCUT2D eigenvalue weighted by Gasteiger charge is 1.97. The molecule has 0 aromatic carbocycles. The zero-order valence-corrected chi connectivity index (χ0v) is 14.6. The van der Waals surface area contributed by atoms with E-state index in [1.165, 1.54) is 77.0 Å². The lowest BCUT2D eigenvalue weighted by atomic mass is 10.0. The van der Waals surface area contributed by atoms with Crippen molar-refractivity contribution in [1.82, 2.24) is 0 Å². The monoisotopic (exact) mass is 315 g/mol. The average molecular weight is 316 g/mol. The van der Waals surface area contributed by atoms with Gasteiger partial charge in [-0.1, -0.05) is 110 Å². The summed E-state index contributed by atoms with van der Waals surface area (Å²) < 4.78 is 21.5. The maximum atomic E-state index is 10.4. The quantitative estimate of drug-likeness (QED) is 0.273. The zero-order valence-electron chi connectivity index (χ0n) is 17.6. The van der Waals surface area contributed by atoms with E-state index < -0.39 is 12.8 Å². The van der Waals surface area contributed by atoms with Crippen molar-refractivity contribution < 1.29 is 14.0 Å². The van der Waals surface area contributed by atoms with E-state index in [0.717, 1.165) is 25.7 Å². The van der Waals surface area contributed by atoms with Gasteiger partial charge in [-0.2, -0.15) is 0 Å². The molecule has 1 N–H and O–H groups in total. The summed E-state index contributed by atoms with van der Waals surface area (Å²) in [6, 6.07) is 0. The molecule has 0 aliphatic carbocycles. The molecule has 0 aromatic rings. The van der Waals surface area contributed by atoms with Gasteiger partial charge in [0, 0.05) is 10.5 Å². The molecule has 0 saturated heterocycles. The van der Waals surface area contributed by atoms with E-state index in [1.807, 2.05) is 0 Å². The number of carbonyl (C=O) groups is 1. The minimum absolute atomic E-state index is 0.322. The van der Waals surface area contributed by atoms with Crippen molar-refractivity contribution in [1.29, 1.82) is 0 Å². The minimum atomic E-state index is -1.74. The normalized spacial score (nSPS) is 13.5. The number of unbranched alkanes of at least 4 members (excludes halogenated alkanes) is 15. The summed E-state index contributed by atoms with van der Waals surface area (Å²) in [5.41, 5.74) is 0.